The molecule has 0 amide bonds. The highest BCUT2D eigenvalue weighted by atomic mass is 32.2. The molecule has 1 spiro atoms. The van der Waals surface area contributed by atoms with Gasteiger partial charge in [-0.05, 0) is 32.1 Å². The molecule has 2 aliphatic rings. The lowest BCUT2D eigenvalue weighted by Gasteiger charge is -2.49. The third kappa shape index (κ3) is 3.83. The lowest BCUT2D eigenvalue weighted by molar-refractivity contribution is -0.105. The van der Waals surface area contributed by atoms with Gasteiger partial charge in [-0.25, -0.2) is 13.4 Å². The van der Waals surface area contributed by atoms with E-state index >= 15 is 0 Å². The monoisotopic (exact) mass is 374 g/mol. The quantitative estimate of drug-likeness (QED) is 0.653. The zero-order valence-corrected chi connectivity index (χ0v) is 16.0. The number of hydrogen-bond acceptors (Lipinski definition) is 6. The Labute approximate surface area is 148 Å². The van der Waals surface area contributed by atoms with Crippen molar-refractivity contribution in [2.24, 2.45) is 5.92 Å². The van der Waals surface area contributed by atoms with Crippen molar-refractivity contribution in [1.82, 2.24) is 9.29 Å². The Morgan fingerprint density at radius 3 is 2.96 bits per heavy atom. The van der Waals surface area contributed by atoms with E-state index in [9.17, 15) is 8.42 Å². The van der Waals surface area contributed by atoms with Crippen LogP contribution in [0.3, 0.4) is 0 Å². The third-order valence-corrected chi connectivity index (χ3v) is 7.66. The maximum atomic E-state index is 12.1. The second-order valence-corrected chi connectivity index (χ2v) is 9.83. The molecule has 3 rings (SSSR count). The van der Waals surface area contributed by atoms with Crippen LogP contribution >= 0.6 is 11.3 Å². The number of thiazole rings is 1. The van der Waals surface area contributed by atoms with Gasteiger partial charge in [0, 0.05) is 31.7 Å². The van der Waals surface area contributed by atoms with Crippen LogP contribution in [0.15, 0.2) is 5.38 Å². The lowest BCUT2D eigenvalue weighted by atomic mass is 9.80. The van der Waals surface area contributed by atoms with Gasteiger partial charge in [0.1, 0.15) is 0 Å². The first-order valence-electron chi connectivity index (χ1n) is 8.56. The zero-order valence-electron chi connectivity index (χ0n) is 14.4. The van der Waals surface area contributed by atoms with E-state index in [4.69, 9.17) is 9.47 Å². The van der Waals surface area contributed by atoms with Gasteiger partial charge in [-0.15, -0.1) is 11.3 Å². The van der Waals surface area contributed by atoms with Crippen molar-refractivity contribution < 1.29 is 17.9 Å². The Morgan fingerprint density at radius 1 is 1.50 bits per heavy atom. The molecule has 136 valence electrons. The van der Waals surface area contributed by atoms with Crippen molar-refractivity contribution in [2.45, 2.75) is 45.3 Å². The second kappa shape index (κ2) is 7.37. The number of nitrogens with zero attached hydrogens (tertiary/aromatic N) is 2. The summed E-state index contributed by atoms with van der Waals surface area (Å²) in [6.45, 7) is 6.82. The van der Waals surface area contributed by atoms with Crippen LogP contribution < -0.4 is 0 Å². The van der Waals surface area contributed by atoms with Crippen LogP contribution in [0.25, 0.3) is 0 Å². The summed E-state index contributed by atoms with van der Waals surface area (Å²) < 4.78 is 37.5. The number of hydrogen-bond donors (Lipinski definition) is 0. The molecule has 1 atom stereocenters. The number of aryl methyl sites for hydroxylation is 1. The Kier molecular flexibility index (Phi) is 5.61. The third-order valence-electron chi connectivity index (χ3n) is 4.87. The summed E-state index contributed by atoms with van der Waals surface area (Å²) >= 11 is 1.63. The summed E-state index contributed by atoms with van der Waals surface area (Å²) in [6, 6.07) is 0. The van der Waals surface area contributed by atoms with E-state index in [0.717, 1.165) is 30.2 Å². The van der Waals surface area contributed by atoms with Crippen LogP contribution in [0.4, 0.5) is 0 Å². The minimum Gasteiger partial charge on any atom is -0.375 e. The molecule has 2 aliphatic heterocycles. The molecule has 6 nitrogen and oxygen atoms in total. The van der Waals surface area contributed by atoms with E-state index in [-0.39, 0.29) is 11.4 Å². The van der Waals surface area contributed by atoms with E-state index in [1.807, 2.05) is 19.2 Å². The molecule has 0 bridgehead atoms. The largest absolute Gasteiger partial charge is 0.375 e. The number of sulfonamides is 1. The van der Waals surface area contributed by atoms with E-state index in [1.54, 1.807) is 15.6 Å². The van der Waals surface area contributed by atoms with Crippen molar-refractivity contribution in [3.63, 3.8) is 0 Å². The molecule has 2 saturated heterocycles. The average Bonchev–Trinajstić information content (AvgIpc) is 3.08. The van der Waals surface area contributed by atoms with Crippen molar-refractivity contribution in [3.05, 3.63) is 16.1 Å². The molecule has 1 aromatic rings. The van der Waals surface area contributed by atoms with Crippen molar-refractivity contribution in [1.29, 1.82) is 0 Å². The fourth-order valence-corrected chi connectivity index (χ4v) is 5.76. The highest BCUT2D eigenvalue weighted by Crippen LogP contribution is 2.42. The normalized spacial score (nSPS) is 23.7. The molecule has 0 aromatic carbocycles. The maximum absolute atomic E-state index is 12.1. The second-order valence-electron chi connectivity index (χ2n) is 6.68. The van der Waals surface area contributed by atoms with Crippen LogP contribution in [0.5, 0.6) is 0 Å². The fraction of sp³-hybridized carbons (Fsp3) is 0.812. The van der Waals surface area contributed by atoms with Crippen molar-refractivity contribution in [2.75, 3.05) is 32.1 Å². The Morgan fingerprint density at radius 2 is 2.29 bits per heavy atom. The molecule has 8 heteroatoms. The topological polar surface area (TPSA) is 68.7 Å². The van der Waals surface area contributed by atoms with Crippen LogP contribution in [-0.4, -0.2) is 55.4 Å². The number of rotatable bonds is 8. The zero-order chi connectivity index (χ0) is 17.2. The van der Waals surface area contributed by atoms with Crippen molar-refractivity contribution in [3.8, 4) is 0 Å². The van der Waals surface area contributed by atoms with Gasteiger partial charge in [-0.3, -0.25) is 0 Å². The van der Waals surface area contributed by atoms with Crippen LogP contribution in [-0.2, 0) is 26.1 Å². The smallest absolute Gasteiger partial charge is 0.214 e. The SMILES string of the molecule is CCCS(=O)(=O)N1CC2(C1)OCC[C@@H]2CCOCc1csc(C)n1. The summed E-state index contributed by atoms with van der Waals surface area (Å²) in [4.78, 5) is 4.39. The standard InChI is InChI=1S/C16H26N2O4S2/c1-3-8-24(19,20)18-11-16(12-18)14(5-7-22-16)4-6-21-9-15-10-23-13(2)17-15/h10,14H,3-9,11-12H2,1-2H3/t14-/m0/s1. The molecule has 0 N–H and O–H groups in total. The van der Waals surface area contributed by atoms with Gasteiger partial charge in [-0.2, -0.15) is 4.31 Å². The lowest BCUT2D eigenvalue weighted by Crippen LogP contribution is -2.66. The van der Waals surface area contributed by atoms with Crippen molar-refractivity contribution >= 4 is 21.4 Å². The molecule has 0 radical (unpaired) electrons. The summed E-state index contributed by atoms with van der Waals surface area (Å²) in [7, 11) is -3.10. The summed E-state index contributed by atoms with van der Waals surface area (Å²) in [6.07, 6.45) is 2.55. The summed E-state index contributed by atoms with van der Waals surface area (Å²) in [5.41, 5.74) is 0.705. The van der Waals surface area contributed by atoms with Crippen LogP contribution in [0.2, 0.25) is 0 Å². The average molecular weight is 375 g/mol. The van der Waals surface area contributed by atoms with Gasteiger partial charge >= 0.3 is 0 Å². The van der Waals surface area contributed by atoms with E-state index in [0.29, 0.717) is 38.6 Å². The Hall–Kier alpha value is -0.540. The fourth-order valence-electron chi connectivity index (χ4n) is 3.55. The minimum atomic E-state index is -3.10. The first-order valence-corrected chi connectivity index (χ1v) is 11.0. The molecular weight excluding hydrogens is 348 g/mol. The van der Waals surface area contributed by atoms with Gasteiger partial charge in [-0.1, -0.05) is 6.92 Å². The predicted molar refractivity (Wildman–Crippen MR) is 93.6 cm³/mol. The first-order chi connectivity index (χ1) is 11.5. The number of ether oxygens (including phenoxy) is 2. The molecule has 0 unspecified atom stereocenters. The maximum Gasteiger partial charge on any atom is 0.214 e. The molecule has 2 fully saturated rings. The molecular formula is C16H26N2O4S2. The molecule has 0 aliphatic carbocycles. The van der Waals surface area contributed by atoms with Crippen LogP contribution in [0.1, 0.15) is 36.9 Å². The molecule has 24 heavy (non-hydrogen) atoms. The summed E-state index contributed by atoms with van der Waals surface area (Å²) in [5, 5.41) is 3.08. The Balaban J connectivity index is 1.45. The van der Waals surface area contributed by atoms with E-state index < -0.39 is 10.0 Å². The molecule has 0 saturated carbocycles. The Bertz CT molecular complexity index is 653. The number of aromatic nitrogens is 1. The highest BCUT2D eigenvalue weighted by molar-refractivity contribution is 7.89. The van der Waals surface area contributed by atoms with E-state index in [1.165, 1.54) is 0 Å². The highest BCUT2D eigenvalue weighted by Gasteiger charge is 2.55. The molecule has 3 heterocycles. The van der Waals surface area contributed by atoms with Gasteiger partial charge in [0.05, 0.1) is 28.7 Å². The predicted octanol–water partition coefficient (Wildman–Crippen LogP) is 2.19. The molecule has 1 aromatic heterocycles. The van der Waals surface area contributed by atoms with E-state index in [2.05, 4.69) is 4.98 Å². The van der Waals surface area contributed by atoms with Gasteiger partial charge in [0.15, 0.2) is 0 Å². The van der Waals surface area contributed by atoms with Gasteiger partial charge in [0.25, 0.3) is 0 Å². The summed E-state index contributed by atoms with van der Waals surface area (Å²) in [5.74, 6) is 0.604. The van der Waals surface area contributed by atoms with Crippen LogP contribution in [0, 0.1) is 12.8 Å². The van der Waals surface area contributed by atoms with Gasteiger partial charge < -0.3 is 9.47 Å². The van der Waals surface area contributed by atoms with Gasteiger partial charge in [0.2, 0.25) is 10.0 Å². The first kappa shape index (κ1) is 18.3. The minimum absolute atomic E-state index is 0.226.